The Hall–Kier alpha value is -0.380. The van der Waals surface area contributed by atoms with Crippen molar-refractivity contribution in [2.24, 2.45) is 5.92 Å². The third-order valence-corrected chi connectivity index (χ3v) is 3.95. The fourth-order valence-corrected chi connectivity index (χ4v) is 2.98. The number of thiophene rings is 1. The number of rotatable bonds is 5. The van der Waals surface area contributed by atoms with Gasteiger partial charge in [-0.2, -0.15) is 0 Å². The molecule has 3 heteroatoms. The van der Waals surface area contributed by atoms with E-state index in [1.54, 1.807) is 0 Å². The van der Waals surface area contributed by atoms with Crippen LogP contribution in [0.2, 0.25) is 0 Å². The van der Waals surface area contributed by atoms with E-state index in [2.05, 4.69) is 36.7 Å². The molecule has 1 N–H and O–H groups in total. The van der Waals surface area contributed by atoms with Crippen molar-refractivity contribution in [1.29, 1.82) is 0 Å². The minimum absolute atomic E-state index is 0.506. The Bertz CT molecular complexity index is 291. The predicted molar refractivity (Wildman–Crippen MR) is 68.9 cm³/mol. The van der Waals surface area contributed by atoms with Gasteiger partial charge in [-0.15, -0.1) is 11.3 Å². The van der Waals surface area contributed by atoms with Crippen molar-refractivity contribution in [2.45, 2.75) is 38.8 Å². The van der Waals surface area contributed by atoms with Gasteiger partial charge in [0, 0.05) is 23.6 Å². The first-order chi connectivity index (χ1) is 7.75. The molecule has 0 saturated carbocycles. The first kappa shape index (κ1) is 12.1. The average Bonchev–Trinajstić information content (AvgIpc) is 2.88. The molecule has 0 aromatic carbocycles. The molecule has 0 radical (unpaired) electrons. The fraction of sp³-hybridized carbons (Fsp3) is 0.692. The van der Waals surface area contributed by atoms with Crippen LogP contribution in [0.3, 0.4) is 0 Å². The Morgan fingerprint density at radius 3 is 3.00 bits per heavy atom. The van der Waals surface area contributed by atoms with Gasteiger partial charge in [0.2, 0.25) is 0 Å². The molecular weight excluding hydrogens is 218 g/mol. The van der Waals surface area contributed by atoms with Crippen molar-refractivity contribution in [3.05, 3.63) is 22.4 Å². The highest BCUT2D eigenvalue weighted by Crippen LogP contribution is 2.26. The van der Waals surface area contributed by atoms with Crippen LogP contribution in [0.5, 0.6) is 0 Å². The van der Waals surface area contributed by atoms with Gasteiger partial charge in [0.15, 0.2) is 0 Å². The van der Waals surface area contributed by atoms with Crippen LogP contribution in [0.1, 0.15) is 37.6 Å². The molecule has 1 fully saturated rings. The highest BCUT2D eigenvalue weighted by atomic mass is 32.1. The normalized spacial score (nSPS) is 22.8. The molecule has 16 heavy (non-hydrogen) atoms. The molecule has 2 heterocycles. The number of ether oxygens (including phenoxy) is 1. The third-order valence-electron chi connectivity index (χ3n) is 2.96. The third kappa shape index (κ3) is 3.30. The molecule has 1 aromatic rings. The minimum atomic E-state index is 0.506. The van der Waals surface area contributed by atoms with Gasteiger partial charge in [0.05, 0.1) is 6.61 Å². The van der Waals surface area contributed by atoms with Gasteiger partial charge in [0.25, 0.3) is 0 Å². The van der Waals surface area contributed by atoms with Crippen LogP contribution >= 0.6 is 11.3 Å². The van der Waals surface area contributed by atoms with Crippen molar-refractivity contribution in [1.82, 2.24) is 5.32 Å². The molecule has 2 rings (SSSR count). The van der Waals surface area contributed by atoms with Crippen molar-refractivity contribution >= 4 is 11.3 Å². The summed E-state index contributed by atoms with van der Waals surface area (Å²) >= 11 is 1.85. The molecule has 0 aliphatic carbocycles. The second-order valence-electron chi connectivity index (χ2n) is 4.92. The highest BCUT2D eigenvalue weighted by molar-refractivity contribution is 7.10. The summed E-state index contributed by atoms with van der Waals surface area (Å²) < 4.78 is 5.42. The van der Waals surface area contributed by atoms with Crippen LogP contribution in [0.25, 0.3) is 0 Å². The van der Waals surface area contributed by atoms with E-state index in [-0.39, 0.29) is 0 Å². The van der Waals surface area contributed by atoms with Gasteiger partial charge in [-0.05, 0) is 30.2 Å². The van der Waals surface area contributed by atoms with Gasteiger partial charge in [0.1, 0.15) is 0 Å². The lowest BCUT2D eigenvalue weighted by atomic mass is 10.0. The van der Waals surface area contributed by atoms with Gasteiger partial charge < -0.3 is 10.1 Å². The summed E-state index contributed by atoms with van der Waals surface area (Å²) in [5, 5.41) is 5.90. The molecule has 1 aliphatic rings. The monoisotopic (exact) mass is 239 g/mol. The van der Waals surface area contributed by atoms with Crippen molar-refractivity contribution in [2.75, 3.05) is 13.2 Å². The number of nitrogens with one attached hydrogen (secondary N) is 1. The maximum Gasteiger partial charge on any atom is 0.0620 e. The van der Waals surface area contributed by atoms with Gasteiger partial charge in [-0.1, -0.05) is 19.9 Å². The maximum atomic E-state index is 5.42. The van der Waals surface area contributed by atoms with Crippen LogP contribution in [-0.4, -0.2) is 19.3 Å². The van der Waals surface area contributed by atoms with E-state index in [0.717, 1.165) is 25.6 Å². The summed E-state index contributed by atoms with van der Waals surface area (Å²) in [6.07, 6.45) is 2.36. The molecule has 2 unspecified atom stereocenters. The zero-order valence-corrected chi connectivity index (χ0v) is 10.9. The van der Waals surface area contributed by atoms with E-state index in [9.17, 15) is 0 Å². The summed E-state index contributed by atoms with van der Waals surface area (Å²) in [5.74, 6) is 0.724. The minimum Gasteiger partial charge on any atom is -0.380 e. The Labute approximate surface area is 102 Å². The molecule has 0 bridgehead atoms. The summed E-state index contributed by atoms with van der Waals surface area (Å²) in [7, 11) is 0. The second-order valence-corrected chi connectivity index (χ2v) is 5.90. The van der Waals surface area contributed by atoms with E-state index < -0.39 is 0 Å². The molecule has 2 nitrogen and oxygen atoms in total. The Balaban J connectivity index is 1.96. The average molecular weight is 239 g/mol. The van der Waals surface area contributed by atoms with E-state index >= 15 is 0 Å². The second kappa shape index (κ2) is 5.80. The number of hydrogen-bond donors (Lipinski definition) is 1. The summed E-state index contributed by atoms with van der Waals surface area (Å²) in [4.78, 5) is 1.46. The van der Waals surface area contributed by atoms with Crippen molar-refractivity contribution in [3.63, 3.8) is 0 Å². The van der Waals surface area contributed by atoms with E-state index in [4.69, 9.17) is 4.74 Å². The van der Waals surface area contributed by atoms with Gasteiger partial charge >= 0.3 is 0 Å². The zero-order valence-electron chi connectivity index (χ0n) is 10.1. The number of hydrogen-bond acceptors (Lipinski definition) is 3. The Morgan fingerprint density at radius 1 is 1.56 bits per heavy atom. The van der Waals surface area contributed by atoms with Crippen molar-refractivity contribution < 1.29 is 4.74 Å². The highest BCUT2D eigenvalue weighted by Gasteiger charge is 2.21. The zero-order chi connectivity index (χ0) is 11.4. The molecule has 2 atom stereocenters. The van der Waals surface area contributed by atoms with E-state index in [1.807, 2.05) is 11.3 Å². The fourth-order valence-electron chi connectivity index (χ4n) is 2.18. The van der Waals surface area contributed by atoms with Gasteiger partial charge in [-0.3, -0.25) is 0 Å². The molecule has 0 spiro atoms. The Morgan fingerprint density at radius 2 is 2.44 bits per heavy atom. The first-order valence-electron chi connectivity index (χ1n) is 6.13. The van der Waals surface area contributed by atoms with Crippen LogP contribution in [0.15, 0.2) is 17.5 Å². The summed E-state index contributed by atoms with van der Waals surface area (Å²) in [5.41, 5.74) is 0. The first-order valence-corrected chi connectivity index (χ1v) is 7.01. The Kier molecular flexibility index (Phi) is 4.38. The largest absolute Gasteiger partial charge is 0.380 e. The standard InChI is InChI=1S/C13H21NOS/c1-10(2)8-12(13-4-3-7-16-13)14-11-5-6-15-9-11/h3-4,7,10-12,14H,5-6,8-9H2,1-2H3. The smallest absolute Gasteiger partial charge is 0.0620 e. The molecular formula is C13H21NOS. The lowest BCUT2D eigenvalue weighted by Crippen LogP contribution is -2.33. The summed E-state index contributed by atoms with van der Waals surface area (Å²) in [6, 6.07) is 5.43. The van der Waals surface area contributed by atoms with Gasteiger partial charge in [-0.25, -0.2) is 0 Å². The lowest BCUT2D eigenvalue weighted by Gasteiger charge is -2.23. The van der Waals surface area contributed by atoms with Crippen LogP contribution < -0.4 is 5.32 Å². The van der Waals surface area contributed by atoms with Crippen molar-refractivity contribution in [3.8, 4) is 0 Å². The van der Waals surface area contributed by atoms with Crippen LogP contribution in [0, 0.1) is 5.92 Å². The predicted octanol–water partition coefficient (Wildman–Crippen LogP) is 3.21. The topological polar surface area (TPSA) is 21.3 Å². The summed E-state index contributed by atoms with van der Waals surface area (Å²) in [6.45, 7) is 6.36. The molecule has 90 valence electrons. The molecule has 1 aromatic heterocycles. The molecule has 1 saturated heterocycles. The SMILES string of the molecule is CC(C)CC(NC1CCOC1)c1cccs1. The quantitative estimate of drug-likeness (QED) is 0.852. The van der Waals surface area contributed by atoms with E-state index in [1.165, 1.54) is 11.3 Å². The van der Waals surface area contributed by atoms with E-state index in [0.29, 0.717) is 12.1 Å². The molecule has 0 amide bonds. The van der Waals surface area contributed by atoms with Crippen LogP contribution in [0.4, 0.5) is 0 Å². The lowest BCUT2D eigenvalue weighted by molar-refractivity contribution is 0.187. The maximum absolute atomic E-state index is 5.42. The molecule has 1 aliphatic heterocycles. The van der Waals surface area contributed by atoms with Crippen LogP contribution in [-0.2, 0) is 4.74 Å².